The van der Waals surface area contributed by atoms with Crippen molar-refractivity contribution in [1.82, 2.24) is 4.90 Å². The highest BCUT2D eigenvalue weighted by atomic mass is 35.5. The molecule has 0 saturated carbocycles. The highest BCUT2D eigenvalue weighted by Gasteiger charge is 2.19. The van der Waals surface area contributed by atoms with Crippen LogP contribution in [0.15, 0.2) is 47.4 Å². The Kier molecular flexibility index (Phi) is 6.76. The van der Waals surface area contributed by atoms with E-state index in [1.807, 2.05) is 6.92 Å². The van der Waals surface area contributed by atoms with E-state index in [4.69, 9.17) is 11.6 Å². The van der Waals surface area contributed by atoms with E-state index in [2.05, 4.69) is 5.32 Å². The molecule has 0 aliphatic rings. The van der Waals surface area contributed by atoms with Gasteiger partial charge in [0.2, 0.25) is 5.91 Å². The summed E-state index contributed by atoms with van der Waals surface area (Å²) >= 11 is 5.77. The summed E-state index contributed by atoms with van der Waals surface area (Å²) in [6.45, 7) is 1.85. The number of nitrogens with one attached hydrogen (secondary N) is 1. The average Bonchev–Trinajstić information content (AvgIpc) is 2.61. The molecule has 2 rings (SSSR count). The molecule has 28 heavy (non-hydrogen) atoms. The second kappa shape index (κ2) is 8.68. The van der Waals surface area contributed by atoms with Crippen molar-refractivity contribution in [3.8, 4) is 0 Å². The summed E-state index contributed by atoms with van der Waals surface area (Å²) in [6, 6.07) is 10.3. The minimum absolute atomic E-state index is 0.0191. The number of carbonyl (C=O) groups is 1. The zero-order valence-corrected chi connectivity index (χ0v) is 17.1. The van der Waals surface area contributed by atoms with Crippen molar-refractivity contribution in [1.29, 1.82) is 0 Å². The number of anilines is 1. The van der Waals surface area contributed by atoms with E-state index in [0.29, 0.717) is 0 Å². The number of rotatable bonds is 7. The van der Waals surface area contributed by atoms with Crippen LogP contribution in [0.4, 0.5) is 11.4 Å². The largest absolute Gasteiger partial charge is 0.319 e. The average molecular weight is 426 g/mol. The van der Waals surface area contributed by atoms with Crippen molar-refractivity contribution < 1.29 is 18.1 Å². The minimum Gasteiger partial charge on any atom is -0.319 e. The van der Waals surface area contributed by atoms with Gasteiger partial charge in [0.1, 0.15) is 5.69 Å². The molecule has 0 saturated heterocycles. The first-order valence-corrected chi connectivity index (χ1v) is 10.5. The topological polar surface area (TPSA) is 110 Å². The van der Waals surface area contributed by atoms with Crippen LogP contribution in [-0.2, 0) is 14.6 Å². The molecule has 0 radical (unpaired) electrons. The van der Waals surface area contributed by atoms with Crippen LogP contribution in [-0.4, -0.2) is 44.0 Å². The molecule has 0 aliphatic heterocycles. The number of nitrogens with zero attached hydrogens (tertiary/aromatic N) is 2. The zero-order valence-electron chi connectivity index (χ0n) is 15.5. The lowest BCUT2D eigenvalue weighted by Crippen LogP contribution is -2.32. The number of benzene rings is 2. The lowest BCUT2D eigenvalue weighted by atomic mass is 10.1. The molecule has 0 aliphatic carbocycles. The third-order valence-corrected chi connectivity index (χ3v) is 5.64. The minimum atomic E-state index is -3.28. The molecular formula is C18H20ClN3O5S. The Labute approximate surface area is 168 Å². The molecule has 1 amide bonds. The van der Waals surface area contributed by atoms with Crippen LogP contribution >= 0.6 is 11.6 Å². The lowest BCUT2D eigenvalue weighted by Gasteiger charge is -2.24. The van der Waals surface area contributed by atoms with E-state index in [9.17, 15) is 23.3 Å². The van der Waals surface area contributed by atoms with Crippen molar-refractivity contribution >= 4 is 38.7 Å². The smallest absolute Gasteiger partial charge is 0.294 e. The highest BCUT2D eigenvalue weighted by Crippen LogP contribution is 2.28. The van der Waals surface area contributed by atoms with Crippen LogP contribution in [0.5, 0.6) is 0 Å². The molecule has 0 spiro atoms. The fraction of sp³-hybridized carbons (Fsp3) is 0.278. The quantitative estimate of drug-likeness (QED) is 0.538. The van der Waals surface area contributed by atoms with E-state index < -0.39 is 20.7 Å². The molecule has 150 valence electrons. The zero-order chi connectivity index (χ0) is 21.1. The summed E-state index contributed by atoms with van der Waals surface area (Å²) in [5.41, 5.74) is 0.617. The van der Waals surface area contributed by atoms with Gasteiger partial charge in [0.25, 0.3) is 5.69 Å². The second-order valence-corrected chi connectivity index (χ2v) is 8.85. The maximum Gasteiger partial charge on any atom is 0.294 e. The predicted molar refractivity (Wildman–Crippen MR) is 107 cm³/mol. The van der Waals surface area contributed by atoms with Crippen molar-refractivity contribution in [2.24, 2.45) is 0 Å². The maximum atomic E-state index is 12.3. The first-order chi connectivity index (χ1) is 13.0. The molecule has 0 heterocycles. The van der Waals surface area contributed by atoms with Gasteiger partial charge in [-0.15, -0.1) is 0 Å². The van der Waals surface area contributed by atoms with Gasteiger partial charge in [-0.2, -0.15) is 0 Å². The summed E-state index contributed by atoms with van der Waals surface area (Å²) in [7, 11) is -1.55. The van der Waals surface area contributed by atoms with E-state index in [1.54, 1.807) is 24.1 Å². The van der Waals surface area contributed by atoms with Crippen LogP contribution in [0.1, 0.15) is 18.5 Å². The highest BCUT2D eigenvalue weighted by molar-refractivity contribution is 7.90. The Morgan fingerprint density at radius 2 is 1.86 bits per heavy atom. The third kappa shape index (κ3) is 5.51. The molecule has 1 N–H and O–H groups in total. The Morgan fingerprint density at radius 1 is 1.25 bits per heavy atom. The molecule has 2 aromatic carbocycles. The Morgan fingerprint density at radius 3 is 2.39 bits per heavy atom. The predicted octanol–water partition coefficient (Wildman–Crippen LogP) is 3.28. The Hall–Kier alpha value is -2.49. The van der Waals surface area contributed by atoms with Gasteiger partial charge in [-0.3, -0.25) is 19.8 Å². The fourth-order valence-electron chi connectivity index (χ4n) is 2.56. The molecule has 0 fully saturated rings. The summed E-state index contributed by atoms with van der Waals surface area (Å²) < 4.78 is 23.1. The molecule has 0 bridgehead atoms. The summed E-state index contributed by atoms with van der Waals surface area (Å²) in [4.78, 5) is 24.8. The van der Waals surface area contributed by atoms with Crippen molar-refractivity contribution in [2.75, 3.05) is 25.2 Å². The number of likely N-dealkylation sites (N-methyl/N-ethyl adjacent to an activating group) is 1. The number of nitro groups is 1. The van der Waals surface area contributed by atoms with Crippen molar-refractivity contribution in [3.05, 3.63) is 63.2 Å². The van der Waals surface area contributed by atoms with Gasteiger partial charge in [0.15, 0.2) is 9.84 Å². The van der Waals surface area contributed by atoms with Gasteiger partial charge in [-0.05, 0) is 43.8 Å². The lowest BCUT2D eigenvalue weighted by molar-refractivity contribution is -0.383. The molecule has 1 unspecified atom stereocenters. The van der Waals surface area contributed by atoms with Gasteiger partial charge in [-0.1, -0.05) is 23.7 Å². The first-order valence-electron chi connectivity index (χ1n) is 8.23. The van der Waals surface area contributed by atoms with E-state index in [-0.39, 0.29) is 33.9 Å². The van der Waals surface area contributed by atoms with Crippen LogP contribution < -0.4 is 5.32 Å². The van der Waals surface area contributed by atoms with Gasteiger partial charge < -0.3 is 5.32 Å². The van der Waals surface area contributed by atoms with E-state index in [1.165, 1.54) is 30.3 Å². The Bertz CT molecular complexity index is 993. The molecule has 8 nitrogen and oxygen atoms in total. The normalized spacial score (nSPS) is 12.6. The van der Waals surface area contributed by atoms with Crippen molar-refractivity contribution in [2.45, 2.75) is 17.9 Å². The molecule has 2 aromatic rings. The molecule has 10 heteroatoms. The van der Waals surface area contributed by atoms with Crippen LogP contribution in [0.25, 0.3) is 0 Å². The van der Waals surface area contributed by atoms with Gasteiger partial charge in [-0.25, -0.2) is 8.42 Å². The summed E-state index contributed by atoms with van der Waals surface area (Å²) in [5.74, 6) is -0.424. The number of hydrogen-bond donors (Lipinski definition) is 1. The fourth-order valence-corrected chi connectivity index (χ4v) is 3.36. The number of carbonyl (C=O) groups excluding carboxylic acids is 1. The van der Waals surface area contributed by atoms with Gasteiger partial charge in [0.05, 0.1) is 16.4 Å². The molecule has 0 aromatic heterocycles. The third-order valence-electron chi connectivity index (χ3n) is 4.28. The maximum absolute atomic E-state index is 12.3. The standard InChI is InChI=1S/C18H20ClN3O5S/c1-12(13-4-7-15(8-5-13)28(3,26)27)21(2)11-18(23)20-16-9-6-14(19)10-17(16)22(24)25/h4-10,12H,11H2,1-3H3,(H,20,23). The number of sulfone groups is 1. The SMILES string of the molecule is CC(c1ccc(S(C)(=O)=O)cc1)N(C)CC(=O)Nc1ccc(Cl)cc1[N+](=O)[O-]. The number of hydrogen-bond acceptors (Lipinski definition) is 6. The monoisotopic (exact) mass is 425 g/mol. The van der Waals surface area contributed by atoms with Gasteiger partial charge in [0, 0.05) is 23.4 Å². The molecule has 1 atom stereocenters. The summed E-state index contributed by atoms with van der Waals surface area (Å²) in [6.07, 6.45) is 1.14. The first kappa shape index (κ1) is 21.8. The van der Waals surface area contributed by atoms with Crippen LogP contribution in [0.2, 0.25) is 5.02 Å². The van der Waals surface area contributed by atoms with Gasteiger partial charge >= 0.3 is 0 Å². The van der Waals surface area contributed by atoms with E-state index in [0.717, 1.165) is 11.8 Å². The number of halogens is 1. The van der Waals surface area contributed by atoms with Crippen LogP contribution in [0, 0.1) is 10.1 Å². The number of amides is 1. The van der Waals surface area contributed by atoms with E-state index >= 15 is 0 Å². The number of nitro benzene ring substituents is 1. The van der Waals surface area contributed by atoms with Crippen molar-refractivity contribution in [3.63, 3.8) is 0 Å². The second-order valence-electron chi connectivity index (χ2n) is 6.40. The summed E-state index contributed by atoms with van der Waals surface area (Å²) in [5, 5.41) is 13.8. The van der Waals surface area contributed by atoms with Crippen LogP contribution in [0.3, 0.4) is 0 Å². The molecular weight excluding hydrogens is 406 g/mol. The Balaban J connectivity index is 2.07.